The Morgan fingerprint density at radius 3 is 2.50 bits per heavy atom. The average Bonchev–Trinajstić information content (AvgIpc) is 2.10. The molecular formula is C9H12O5. The lowest BCUT2D eigenvalue weighted by Gasteiger charge is -2.01. The topological polar surface area (TPSA) is 69.7 Å². The number of hydrogen-bond acceptors (Lipinski definition) is 5. The zero-order valence-electron chi connectivity index (χ0n) is 7.95. The lowest BCUT2D eigenvalue weighted by Crippen LogP contribution is -2.10. The van der Waals surface area contributed by atoms with Gasteiger partial charge in [-0.25, -0.2) is 4.79 Å². The number of esters is 3. The van der Waals surface area contributed by atoms with E-state index in [1.54, 1.807) is 0 Å². The molecule has 0 unspecified atom stereocenters. The minimum Gasteiger partial charge on any atom is -0.463 e. The second-order valence-electron chi connectivity index (χ2n) is 2.44. The van der Waals surface area contributed by atoms with Crippen molar-refractivity contribution >= 4 is 17.9 Å². The van der Waals surface area contributed by atoms with Gasteiger partial charge in [0.2, 0.25) is 0 Å². The third kappa shape index (κ3) is 7.02. The summed E-state index contributed by atoms with van der Waals surface area (Å²) in [4.78, 5) is 31.6. The standard InChI is InChI=1S/C9H12O5/c1-3-8(11)13-6-4-5-9(12)14-7(2)10/h3H,1,4-6H2,2H3. The van der Waals surface area contributed by atoms with Gasteiger partial charge < -0.3 is 9.47 Å². The molecule has 0 saturated carbocycles. The summed E-state index contributed by atoms with van der Waals surface area (Å²) in [5.41, 5.74) is 0. The average molecular weight is 200 g/mol. The van der Waals surface area contributed by atoms with Crippen molar-refractivity contribution in [1.29, 1.82) is 0 Å². The van der Waals surface area contributed by atoms with Crippen molar-refractivity contribution in [3.05, 3.63) is 12.7 Å². The molecule has 14 heavy (non-hydrogen) atoms. The van der Waals surface area contributed by atoms with Crippen LogP contribution in [0.1, 0.15) is 19.8 Å². The number of carbonyl (C=O) groups is 3. The molecule has 0 rings (SSSR count). The second kappa shape index (κ2) is 6.82. The molecule has 0 atom stereocenters. The van der Waals surface area contributed by atoms with Crippen molar-refractivity contribution in [3.63, 3.8) is 0 Å². The van der Waals surface area contributed by atoms with Crippen LogP contribution in [-0.2, 0) is 23.9 Å². The first kappa shape index (κ1) is 12.3. The van der Waals surface area contributed by atoms with E-state index in [1.165, 1.54) is 0 Å². The van der Waals surface area contributed by atoms with Crippen molar-refractivity contribution in [3.8, 4) is 0 Å². The van der Waals surface area contributed by atoms with Crippen LogP contribution < -0.4 is 0 Å². The second-order valence-corrected chi connectivity index (χ2v) is 2.44. The fraction of sp³-hybridized carbons (Fsp3) is 0.444. The molecule has 0 aromatic heterocycles. The van der Waals surface area contributed by atoms with Gasteiger partial charge in [-0.05, 0) is 6.42 Å². The largest absolute Gasteiger partial charge is 0.463 e. The van der Waals surface area contributed by atoms with Crippen LogP contribution >= 0.6 is 0 Å². The summed E-state index contributed by atoms with van der Waals surface area (Å²) in [5.74, 6) is -1.80. The molecule has 0 aliphatic rings. The lowest BCUT2D eigenvalue weighted by molar-refractivity contribution is -0.158. The molecule has 0 fully saturated rings. The highest BCUT2D eigenvalue weighted by Gasteiger charge is 2.05. The first-order valence-corrected chi connectivity index (χ1v) is 4.06. The van der Waals surface area contributed by atoms with Gasteiger partial charge >= 0.3 is 17.9 Å². The monoisotopic (exact) mass is 200 g/mol. The molecular weight excluding hydrogens is 188 g/mol. The maximum absolute atomic E-state index is 10.8. The van der Waals surface area contributed by atoms with Gasteiger partial charge in [0.05, 0.1) is 6.61 Å². The summed E-state index contributed by atoms with van der Waals surface area (Å²) in [7, 11) is 0. The van der Waals surface area contributed by atoms with E-state index in [4.69, 9.17) is 0 Å². The molecule has 78 valence electrons. The zero-order chi connectivity index (χ0) is 11.0. The van der Waals surface area contributed by atoms with Crippen LogP contribution in [0.5, 0.6) is 0 Å². The van der Waals surface area contributed by atoms with Crippen LogP contribution in [0.15, 0.2) is 12.7 Å². The summed E-state index contributed by atoms with van der Waals surface area (Å²) < 4.78 is 8.84. The highest BCUT2D eigenvalue weighted by atomic mass is 16.6. The van der Waals surface area contributed by atoms with Crippen LogP contribution in [0.25, 0.3) is 0 Å². The van der Waals surface area contributed by atoms with E-state index in [2.05, 4.69) is 16.1 Å². The van der Waals surface area contributed by atoms with Crippen LogP contribution in [0, 0.1) is 0 Å². The summed E-state index contributed by atoms with van der Waals surface area (Å²) in [6.07, 6.45) is 1.41. The Labute approximate surface area is 81.7 Å². The number of rotatable bonds is 5. The maximum atomic E-state index is 10.8. The predicted molar refractivity (Wildman–Crippen MR) is 47.2 cm³/mol. The Balaban J connectivity index is 3.45. The Morgan fingerprint density at radius 2 is 2.00 bits per heavy atom. The molecule has 0 heterocycles. The fourth-order valence-corrected chi connectivity index (χ4v) is 0.660. The number of ether oxygens (including phenoxy) is 2. The molecule has 0 radical (unpaired) electrons. The molecule has 0 aliphatic heterocycles. The Hall–Kier alpha value is -1.65. The molecule has 0 aromatic rings. The molecule has 0 amide bonds. The van der Waals surface area contributed by atoms with E-state index in [9.17, 15) is 14.4 Å². The predicted octanol–water partition coefficient (Wildman–Crippen LogP) is 0.585. The fourth-order valence-electron chi connectivity index (χ4n) is 0.660. The van der Waals surface area contributed by atoms with Gasteiger partial charge in [-0.2, -0.15) is 0 Å². The lowest BCUT2D eigenvalue weighted by atomic mass is 10.3. The van der Waals surface area contributed by atoms with Gasteiger partial charge in [-0.15, -0.1) is 0 Å². The minimum absolute atomic E-state index is 0.0456. The molecule has 0 bridgehead atoms. The normalized spacial score (nSPS) is 8.93. The molecule has 5 heteroatoms. The number of carbonyl (C=O) groups excluding carboxylic acids is 3. The SMILES string of the molecule is C=CC(=O)OCCCC(=O)OC(C)=O. The highest BCUT2D eigenvalue weighted by molar-refractivity contribution is 5.84. The van der Waals surface area contributed by atoms with E-state index in [0.29, 0.717) is 6.42 Å². The highest BCUT2D eigenvalue weighted by Crippen LogP contribution is 1.94. The van der Waals surface area contributed by atoms with Crippen molar-refractivity contribution in [2.75, 3.05) is 6.61 Å². The molecule has 0 saturated heterocycles. The Morgan fingerprint density at radius 1 is 1.36 bits per heavy atom. The first-order valence-electron chi connectivity index (χ1n) is 4.06. The molecule has 0 N–H and O–H groups in total. The molecule has 5 nitrogen and oxygen atoms in total. The Kier molecular flexibility index (Phi) is 6.02. The van der Waals surface area contributed by atoms with Crippen molar-refractivity contribution < 1.29 is 23.9 Å². The van der Waals surface area contributed by atoms with Gasteiger partial charge in [0.25, 0.3) is 0 Å². The van der Waals surface area contributed by atoms with Crippen LogP contribution in [0.4, 0.5) is 0 Å². The van der Waals surface area contributed by atoms with Crippen molar-refractivity contribution in [2.45, 2.75) is 19.8 Å². The summed E-state index contributed by atoms with van der Waals surface area (Å²) >= 11 is 0. The molecule has 0 aliphatic carbocycles. The molecule has 0 spiro atoms. The van der Waals surface area contributed by atoms with E-state index in [0.717, 1.165) is 13.0 Å². The summed E-state index contributed by atoms with van der Waals surface area (Å²) in [5, 5.41) is 0. The maximum Gasteiger partial charge on any atom is 0.330 e. The summed E-state index contributed by atoms with van der Waals surface area (Å²) in [6.45, 7) is 4.46. The van der Waals surface area contributed by atoms with Gasteiger partial charge in [0.1, 0.15) is 0 Å². The quantitative estimate of drug-likeness (QED) is 0.281. The van der Waals surface area contributed by atoms with Gasteiger partial charge in [0, 0.05) is 19.4 Å². The first-order chi connectivity index (χ1) is 6.56. The third-order valence-corrected chi connectivity index (χ3v) is 1.19. The van der Waals surface area contributed by atoms with E-state index in [-0.39, 0.29) is 13.0 Å². The minimum atomic E-state index is -0.641. The van der Waals surface area contributed by atoms with E-state index < -0.39 is 17.9 Å². The van der Waals surface area contributed by atoms with Gasteiger partial charge in [-0.1, -0.05) is 6.58 Å². The van der Waals surface area contributed by atoms with E-state index >= 15 is 0 Å². The smallest absolute Gasteiger partial charge is 0.330 e. The van der Waals surface area contributed by atoms with Crippen molar-refractivity contribution in [2.24, 2.45) is 0 Å². The molecule has 0 aromatic carbocycles. The van der Waals surface area contributed by atoms with Crippen LogP contribution in [-0.4, -0.2) is 24.5 Å². The van der Waals surface area contributed by atoms with Gasteiger partial charge in [-0.3, -0.25) is 9.59 Å². The van der Waals surface area contributed by atoms with Crippen LogP contribution in [0.2, 0.25) is 0 Å². The zero-order valence-corrected chi connectivity index (χ0v) is 7.95. The third-order valence-electron chi connectivity index (χ3n) is 1.19. The Bertz CT molecular complexity index is 244. The van der Waals surface area contributed by atoms with Crippen molar-refractivity contribution in [1.82, 2.24) is 0 Å². The van der Waals surface area contributed by atoms with Crippen LogP contribution in [0.3, 0.4) is 0 Å². The van der Waals surface area contributed by atoms with Gasteiger partial charge in [0.15, 0.2) is 0 Å². The number of hydrogen-bond donors (Lipinski definition) is 0. The summed E-state index contributed by atoms with van der Waals surface area (Å²) in [6, 6.07) is 0. The van der Waals surface area contributed by atoms with E-state index in [1.807, 2.05) is 0 Å².